The molecule has 2 aromatic rings. The Labute approximate surface area is 112 Å². The van der Waals surface area contributed by atoms with E-state index in [2.05, 4.69) is 17.2 Å². The molecule has 0 bridgehead atoms. The van der Waals surface area contributed by atoms with E-state index in [9.17, 15) is 0 Å². The van der Waals surface area contributed by atoms with E-state index in [4.69, 9.17) is 5.11 Å². The van der Waals surface area contributed by atoms with Crippen LogP contribution in [0.1, 0.15) is 34.7 Å². The third-order valence-corrected chi connectivity index (χ3v) is 4.11. The lowest BCUT2D eigenvalue weighted by molar-refractivity contribution is 0.282. The summed E-state index contributed by atoms with van der Waals surface area (Å²) in [4.78, 5) is 5.56. The monoisotopic (exact) mass is 262 g/mol. The SMILES string of the molecule is Cc1ncsc1C(C)NCc1ccc(CO)cc1. The summed E-state index contributed by atoms with van der Waals surface area (Å²) in [6.07, 6.45) is 0. The van der Waals surface area contributed by atoms with Crippen LogP contribution in [0, 0.1) is 6.92 Å². The Balaban J connectivity index is 1.93. The van der Waals surface area contributed by atoms with Crippen molar-refractivity contribution < 1.29 is 5.11 Å². The van der Waals surface area contributed by atoms with Gasteiger partial charge in [-0.15, -0.1) is 11.3 Å². The number of nitrogens with zero attached hydrogens (tertiary/aromatic N) is 1. The quantitative estimate of drug-likeness (QED) is 0.871. The van der Waals surface area contributed by atoms with Gasteiger partial charge < -0.3 is 10.4 Å². The van der Waals surface area contributed by atoms with E-state index >= 15 is 0 Å². The molecule has 0 radical (unpaired) electrons. The van der Waals surface area contributed by atoms with Gasteiger partial charge >= 0.3 is 0 Å². The molecule has 1 atom stereocenters. The summed E-state index contributed by atoms with van der Waals surface area (Å²) in [6, 6.07) is 8.32. The molecular formula is C14H18N2OS. The Morgan fingerprint density at radius 2 is 1.94 bits per heavy atom. The van der Waals surface area contributed by atoms with Crippen LogP contribution in [-0.4, -0.2) is 10.1 Å². The van der Waals surface area contributed by atoms with Crippen molar-refractivity contribution in [3.8, 4) is 0 Å². The maximum Gasteiger partial charge on any atom is 0.0798 e. The fraction of sp³-hybridized carbons (Fsp3) is 0.357. The van der Waals surface area contributed by atoms with Crippen molar-refractivity contribution in [1.82, 2.24) is 10.3 Å². The molecule has 18 heavy (non-hydrogen) atoms. The number of nitrogens with one attached hydrogen (secondary N) is 1. The Hall–Kier alpha value is -1.23. The molecule has 0 aliphatic heterocycles. The van der Waals surface area contributed by atoms with Gasteiger partial charge in [0.1, 0.15) is 0 Å². The van der Waals surface area contributed by atoms with Gasteiger partial charge in [0.2, 0.25) is 0 Å². The molecule has 0 aliphatic carbocycles. The largest absolute Gasteiger partial charge is 0.392 e. The van der Waals surface area contributed by atoms with E-state index in [1.54, 1.807) is 11.3 Å². The number of thiazole rings is 1. The molecule has 0 saturated carbocycles. The summed E-state index contributed by atoms with van der Waals surface area (Å²) in [5, 5.41) is 12.5. The zero-order valence-corrected chi connectivity index (χ0v) is 11.5. The minimum atomic E-state index is 0.101. The summed E-state index contributed by atoms with van der Waals surface area (Å²) in [5.74, 6) is 0. The number of aliphatic hydroxyl groups excluding tert-OH is 1. The van der Waals surface area contributed by atoms with Crippen molar-refractivity contribution in [1.29, 1.82) is 0 Å². The van der Waals surface area contributed by atoms with Crippen LogP contribution in [0.15, 0.2) is 29.8 Å². The molecule has 1 aromatic heterocycles. The van der Waals surface area contributed by atoms with Crippen molar-refractivity contribution in [3.05, 3.63) is 51.5 Å². The normalized spacial score (nSPS) is 12.6. The molecule has 0 spiro atoms. The first kappa shape index (κ1) is 13.2. The standard InChI is InChI=1S/C14H18N2OS/c1-10(14-11(2)16-9-18-14)15-7-12-3-5-13(8-17)6-4-12/h3-6,9-10,15,17H,7-8H2,1-2H3. The van der Waals surface area contributed by atoms with E-state index in [-0.39, 0.29) is 6.61 Å². The Bertz CT molecular complexity index is 493. The summed E-state index contributed by atoms with van der Waals surface area (Å²) >= 11 is 1.69. The number of hydrogen-bond donors (Lipinski definition) is 2. The highest BCUT2D eigenvalue weighted by Crippen LogP contribution is 2.21. The highest BCUT2D eigenvalue weighted by molar-refractivity contribution is 7.09. The first-order chi connectivity index (χ1) is 8.70. The van der Waals surface area contributed by atoms with E-state index in [0.29, 0.717) is 6.04 Å². The molecule has 96 valence electrons. The molecule has 2 rings (SSSR count). The molecule has 4 heteroatoms. The molecule has 1 aromatic carbocycles. The van der Waals surface area contributed by atoms with Crippen LogP contribution in [0.25, 0.3) is 0 Å². The van der Waals surface area contributed by atoms with Gasteiger partial charge in [-0.2, -0.15) is 0 Å². The summed E-state index contributed by atoms with van der Waals surface area (Å²) in [7, 11) is 0. The fourth-order valence-corrected chi connectivity index (χ4v) is 2.69. The zero-order valence-electron chi connectivity index (χ0n) is 10.7. The van der Waals surface area contributed by atoms with Crippen LogP contribution in [0.5, 0.6) is 0 Å². The molecule has 0 saturated heterocycles. The minimum absolute atomic E-state index is 0.101. The number of aromatic nitrogens is 1. The van der Waals surface area contributed by atoms with Gasteiger partial charge in [-0.25, -0.2) is 4.98 Å². The number of rotatable bonds is 5. The van der Waals surface area contributed by atoms with Crippen molar-refractivity contribution in [2.45, 2.75) is 33.0 Å². The topological polar surface area (TPSA) is 45.2 Å². The second-order valence-electron chi connectivity index (χ2n) is 4.38. The van der Waals surface area contributed by atoms with E-state index in [0.717, 1.165) is 17.8 Å². The molecule has 2 N–H and O–H groups in total. The fourth-order valence-electron chi connectivity index (χ4n) is 1.85. The van der Waals surface area contributed by atoms with Crippen LogP contribution in [-0.2, 0) is 13.2 Å². The number of hydrogen-bond acceptors (Lipinski definition) is 4. The van der Waals surface area contributed by atoms with Crippen LogP contribution in [0.4, 0.5) is 0 Å². The molecule has 0 aliphatic rings. The highest BCUT2D eigenvalue weighted by Gasteiger charge is 2.10. The van der Waals surface area contributed by atoms with Crippen molar-refractivity contribution in [2.75, 3.05) is 0 Å². The first-order valence-corrected chi connectivity index (χ1v) is 6.90. The van der Waals surface area contributed by atoms with Crippen molar-refractivity contribution in [3.63, 3.8) is 0 Å². The molecule has 1 unspecified atom stereocenters. The number of aliphatic hydroxyl groups is 1. The van der Waals surface area contributed by atoms with Gasteiger partial charge in [-0.05, 0) is 25.0 Å². The van der Waals surface area contributed by atoms with Crippen LogP contribution >= 0.6 is 11.3 Å². The molecular weight excluding hydrogens is 244 g/mol. The maximum absolute atomic E-state index is 8.98. The maximum atomic E-state index is 8.98. The average Bonchev–Trinajstić information content (AvgIpc) is 2.83. The van der Waals surface area contributed by atoms with Crippen LogP contribution < -0.4 is 5.32 Å². The minimum Gasteiger partial charge on any atom is -0.392 e. The summed E-state index contributed by atoms with van der Waals surface area (Å²) in [5.41, 5.74) is 5.17. The zero-order chi connectivity index (χ0) is 13.0. The van der Waals surface area contributed by atoms with Crippen LogP contribution in [0.3, 0.4) is 0 Å². The molecule has 0 amide bonds. The predicted octanol–water partition coefficient (Wildman–Crippen LogP) is 2.79. The van der Waals surface area contributed by atoms with Crippen molar-refractivity contribution >= 4 is 11.3 Å². The van der Waals surface area contributed by atoms with E-state index < -0.39 is 0 Å². The lowest BCUT2D eigenvalue weighted by atomic mass is 10.1. The van der Waals surface area contributed by atoms with Gasteiger partial charge in [0.25, 0.3) is 0 Å². The van der Waals surface area contributed by atoms with Gasteiger partial charge in [-0.1, -0.05) is 24.3 Å². The van der Waals surface area contributed by atoms with Crippen molar-refractivity contribution in [2.24, 2.45) is 0 Å². The lowest BCUT2D eigenvalue weighted by Crippen LogP contribution is -2.17. The Morgan fingerprint density at radius 1 is 1.28 bits per heavy atom. The second-order valence-corrected chi connectivity index (χ2v) is 5.27. The Morgan fingerprint density at radius 3 is 2.50 bits per heavy atom. The van der Waals surface area contributed by atoms with Crippen LogP contribution in [0.2, 0.25) is 0 Å². The number of benzene rings is 1. The molecule has 1 heterocycles. The Kier molecular flexibility index (Phi) is 4.47. The van der Waals surface area contributed by atoms with E-state index in [1.165, 1.54) is 10.4 Å². The summed E-state index contributed by atoms with van der Waals surface area (Å²) < 4.78 is 0. The average molecular weight is 262 g/mol. The lowest BCUT2D eigenvalue weighted by Gasteiger charge is -2.13. The van der Waals surface area contributed by atoms with E-state index in [1.807, 2.05) is 36.7 Å². The van der Waals surface area contributed by atoms with Gasteiger partial charge in [0.15, 0.2) is 0 Å². The third-order valence-electron chi connectivity index (χ3n) is 2.99. The predicted molar refractivity (Wildman–Crippen MR) is 74.5 cm³/mol. The van der Waals surface area contributed by atoms with Gasteiger partial charge in [0.05, 0.1) is 17.8 Å². The number of aryl methyl sites for hydroxylation is 1. The summed E-state index contributed by atoms with van der Waals surface area (Å²) in [6.45, 7) is 5.12. The second kappa shape index (κ2) is 6.09. The third kappa shape index (κ3) is 3.16. The van der Waals surface area contributed by atoms with Gasteiger partial charge in [0, 0.05) is 17.5 Å². The first-order valence-electron chi connectivity index (χ1n) is 6.02. The highest BCUT2D eigenvalue weighted by atomic mass is 32.1. The smallest absolute Gasteiger partial charge is 0.0798 e. The molecule has 0 fully saturated rings. The molecule has 3 nitrogen and oxygen atoms in total. The van der Waals surface area contributed by atoms with Gasteiger partial charge in [-0.3, -0.25) is 0 Å².